The van der Waals surface area contributed by atoms with E-state index < -0.39 is 0 Å². The maximum atomic E-state index is 12.2. The molecule has 0 bridgehead atoms. The third-order valence-corrected chi connectivity index (χ3v) is 6.97. The Balaban J connectivity index is 1.77. The van der Waals surface area contributed by atoms with Crippen molar-refractivity contribution in [1.82, 2.24) is 19.1 Å². The number of thiophene rings is 1. The van der Waals surface area contributed by atoms with Crippen molar-refractivity contribution < 1.29 is 14.3 Å². The van der Waals surface area contributed by atoms with Crippen molar-refractivity contribution in [2.45, 2.75) is 32.9 Å². The number of methoxy groups -OCH3 is 2. The first-order valence-corrected chi connectivity index (χ1v) is 12.5. The zero-order chi connectivity index (χ0) is 24.5. The first-order valence-electron chi connectivity index (χ1n) is 11.7. The van der Waals surface area contributed by atoms with Gasteiger partial charge < -0.3 is 18.6 Å². The number of carbonyl (C=O) groups excluding carboxylic acids is 1. The molecule has 0 saturated carbocycles. The van der Waals surface area contributed by atoms with E-state index in [0.29, 0.717) is 12.2 Å². The molecule has 35 heavy (non-hydrogen) atoms. The van der Waals surface area contributed by atoms with E-state index in [4.69, 9.17) is 19.4 Å². The van der Waals surface area contributed by atoms with E-state index in [9.17, 15) is 4.79 Å². The number of hydrogen-bond acceptors (Lipinski definition) is 6. The molecule has 2 aromatic carbocycles. The van der Waals surface area contributed by atoms with Crippen LogP contribution in [0, 0.1) is 0 Å². The first kappa shape index (κ1) is 23.3. The Kier molecular flexibility index (Phi) is 6.40. The molecular formula is C27H28N4O3S. The van der Waals surface area contributed by atoms with Gasteiger partial charge in [-0.3, -0.25) is 0 Å². The maximum Gasteiger partial charge on any atom is 0.337 e. The van der Waals surface area contributed by atoms with Gasteiger partial charge in [-0.1, -0.05) is 12.1 Å². The van der Waals surface area contributed by atoms with Gasteiger partial charge in [0.15, 0.2) is 5.82 Å². The average Bonchev–Trinajstić information content (AvgIpc) is 3.60. The monoisotopic (exact) mass is 488 g/mol. The summed E-state index contributed by atoms with van der Waals surface area (Å²) >= 11 is 1.69. The third kappa shape index (κ3) is 4.13. The summed E-state index contributed by atoms with van der Waals surface area (Å²) in [5.74, 6) is 1.44. The highest BCUT2D eigenvalue weighted by atomic mass is 32.1. The minimum Gasteiger partial charge on any atom is -0.465 e. The number of aryl methyl sites for hydroxylation is 1. The molecule has 0 atom stereocenters. The summed E-state index contributed by atoms with van der Waals surface area (Å²) in [6, 6.07) is 16.1. The van der Waals surface area contributed by atoms with Crippen molar-refractivity contribution in [3.05, 3.63) is 59.5 Å². The fourth-order valence-corrected chi connectivity index (χ4v) is 5.30. The Bertz CT molecular complexity index is 1500. The van der Waals surface area contributed by atoms with Crippen LogP contribution in [0.3, 0.4) is 0 Å². The topological polar surface area (TPSA) is 71.2 Å². The summed E-state index contributed by atoms with van der Waals surface area (Å²) in [5, 5.41) is 2.08. The number of hydrogen-bond donors (Lipinski definition) is 0. The molecule has 8 heteroatoms. The van der Waals surface area contributed by atoms with Gasteiger partial charge in [-0.05, 0) is 62.0 Å². The number of fused-ring (bicyclic) bond motifs is 2. The van der Waals surface area contributed by atoms with Crippen LogP contribution in [0.2, 0.25) is 0 Å². The van der Waals surface area contributed by atoms with E-state index in [0.717, 1.165) is 57.1 Å². The first-order chi connectivity index (χ1) is 17.0. The lowest BCUT2D eigenvalue weighted by Gasteiger charge is -2.15. The van der Waals surface area contributed by atoms with Crippen LogP contribution in [0.5, 0.6) is 0 Å². The molecule has 5 rings (SSSR count). The van der Waals surface area contributed by atoms with E-state index in [2.05, 4.69) is 52.6 Å². The Morgan fingerprint density at radius 3 is 2.57 bits per heavy atom. The second-order valence-corrected chi connectivity index (χ2v) is 9.63. The minimum atomic E-state index is -0.372. The molecule has 5 aromatic rings. The standard InChI is InChI=1S/C27H28N4O3S/c1-17(2)31-24-19(8-5-9-20(24)28-26(31)23-10-6-15-35-23)25-29-21-16-18(27(32)34-4)11-12-22(21)30(25)13-7-14-33-3/h5-6,8-12,15-17H,7,13-14H2,1-4H3. The highest BCUT2D eigenvalue weighted by Gasteiger charge is 2.22. The molecule has 0 unspecified atom stereocenters. The van der Waals surface area contributed by atoms with Gasteiger partial charge in [-0.2, -0.15) is 0 Å². The SMILES string of the molecule is COCCCn1c(-c2cccc3nc(-c4cccs4)n(C(C)C)c23)nc2cc(C(=O)OC)ccc21. The molecule has 0 fully saturated rings. The predicted molar refractivity (Wildman–Crippen MR) is 140 cm³/mol. The quantitative estimate of drug-likeness (QED) is 0.192. The zero-order valence-corrected chi connectivity index (χ0v) is 21.1. The minimum absolute atomic E-state index is 0.204. The molecule has 3 aromatic heterocycles. The van der Waals surface area contributed by atoms with E-state index in [1.807, 2.05) is 12.1 Å². The van der Waals surface area contributed by atoms with Gasteiger partial charge in [0.05, 0.1) is 39.6 Å². The molecule has 0 aliphatic heterocycles. The smallest absolute Gasteiger partial charge is 0.337 e. The number of aromatic nitrogens is 4. The number of benzene rings is 2. The maximum absolute atomic E-state index is 12.2. The third-order valence-electron chi connectivity index (χ3n) is 6.11. The summed E-state index contributed by atoms with van der Waals surface area (Å²) < 4.78 is 14.8. The number of nitrogens with zero attached hydrogens (tertiary/aromatic N) is 4. The fraction of sp³-hybridized carbons (Fsp3) is 0.296. The van der Waals surface area contributed by atoms with Gasteiger partial charge in [0.2, 0.25) is 0 Å². The van der Waals surface area contributed by atoms with Crippen LogP contribution in [0.4, 0.5) is 0 Å². The van der Waals surface area contributed by atoms with E-state index in [1.165, 1.54) is 7.11 Å². The van der Waals surface area contributed by atoms with Crippen molar-refractivity contribution in [2.24, 2.45) is 0 Å². The van der Waals surface area contributed by atoms with Crippen LogP contribution in [-0.4, -0.2) is 45.9 Å². The lowest BCUT2D eigenvalue weighted by molar-refractivity contribution is 0.0601. The highest BCUT2D eigenvalue weighted by molar-refractivity contribution is 7.13. The summed E-state index contributed by atoms with van der Waals surface area (Å²) in [7, 11) is 3.10. The molecule has 0 aliphatic rings. The summed E-state index contributed by atoms with van der Waals surface area (Å²) in [6.07, 6.45) is 0.841. The molecule has 0 N–H and O–H groups in total. The highest BCUT2D eigenvalue weighted by Crippen LogP contribution is 2.37. The molecule has 180 valence electrons. The molecule has 0 spiro atoms. The predicted octanol–water partition coefficient (Wildman–Crippen LogP) is 6.19. The Morgan fingerprint density at radius 1 is 1.03 bits per heavy atom. The second-order valence-electron chi connectivity index (χ2n) is 8.68. The average molecular weight is 489 g/mol. The van der Waals surface area contributed by atoms with E-state index in [-0.39, 0.29) is 12.0 Å². The number of ether oxygens (including phenoxy) is 2. The number of esters is 1. The van der Waals surface area contributed by atoms with Gasteiger partial charge in [-0.15, -0.1) is 11.3 Å². The van der Waals surface area contributed by atoms with Gasteiger partial charge in [0.25, 0.3) is 0 Å². The van der Waals surface area contributed by atoms with Crippen molar-refractivity contribution >= 4 is 39.4 Å². The molecule has 0 amide bonds. The van der Waals surface area contributed by atoms with Crippen LogP contribution >= 0.6 is 11.3 Å². The largest absolute Gasteiger partial charge is 0.465 e. The molecular weight excluding hydrogens is 460 g/mol. The van der Waals surface area contributed by atoms with Crippen molar-refractivity contribution in [2.75, 3.05) is 20.8 Å². The number of para-hydroxylation sites is 1. The molecule has 3 heterocycles. The van der Waals surface area contributed by atoms with Crippen LogP contribution in [0.25, 0.3) is 44.2 Å². The van der Waals surface area contributed by atoms with Gasteiger partial charge in [0.1, 0.15) is 5.82 Å². The van der Waals surface area contributed by atoms with Crippen LogP contribution in [0.1, 0.15) is 36.7 Å². The van der Waals surface area contributed by atoms with Gasteiger partial charge >= 0.3 is 5.97 Å². The van der Waals surface area contributed by atoms with Gasteiger partial charge in [-0.25, -0.2) is 14.8 Å². The fourth-order valence-electron chi connectivity index (χ4n) is 4.58. The molecule has 0 aliphatic carbocycles. The number of rotatable bonds is 8. The number of carbonyl (C=O) groups is 1. The normalized spacial score (nSPS) is 11.7. The van der Waals surface area contributed by atoms with Crippen molar-refractivity contribution in [3.63, 3.8) is 0 Å². The van der Waals surface area contributed by atoms with Crippen molar-refractivity contribution in [1.29, 1.82) is 0 Å². The van der Waals surface area contributed by atoms with Gasteiger partial charge in [0, 0.05) is 31.9 Å². The van der Waals surface area contributed by atoms with Crippen LogP contribution in [-0.2, 0) is 16.0 Å². The van der Waals surface area contributed by atoms with Crippen LogP contribution < -0.4 is 0 Å². The summed E-state index contributed by atoms with van der Waals surface area (Å²) in [4.78, 5) is 23.4. The Hall–Kier alpha value is -3.49. The second kappa shape index (κ2) is 9.64. The van der Waals surface area contributed by atoms with E-state index >= 15 is 0 Å². The summed E-state index contributed by atoms with van der Waals surface area (Å²) in [5.41, 5.74) is 5.22. The molecule has 7 nitrogen and oxygen atoms in total. The lowest BCUT2D eigenvalue weighted by atomic mass is 10.1. The lowest BCUT2D eigenvalue weighted by Crippen LogP contribution is -2.06. The van der Waals surface area contributed by atoms with E-state index in [1.54, 1.807) is 30.6 Å². The van der Waals surface area contributed by atoms with Crippen LogP contribution in [0.15, 0.2) is 53.9 Å². The van der Waals surface area contributed by atoms with Crippen molar-refractivity contribution in [3.8, 4) is 22.1 Å². The zero-order valence-electron chi connectivity index (χ0n) is 20.3. The number of imidazole rings is 2. The Labute approximate surface area is 207 Å². The summed E-state index contributed by atoms with van der Waals surface area (Å²) in [6.45, 7) is 5.75. The molecule has 0 saturated heterocycles. The Morgan fingerprint density at radius 2 is 1.86 bits per heavy atom. The molecule has 0 radical (unpaired) electrons.